The van der Waals surface area contributed by atoms with Crippen LogP contribution in [0.1, 0.15) is 5.56 Å². The molecule has 0 fully saturated rings. The number of rotatable bonds is 3. The van der Waals surface area contributed by atoms with E-state index in [9.17, 15) is 14.9 Å². The van der Waals surface area contributed by atoms with Gasteiger partial charge in [0, 0.05) is 12.3 Å². The van der Waals surface area contributed by atoms with Crippen molar-refractivity contribution >= 4 is 27.6 Å². The third kappa shape index (κ3) is 2.72. The molecule has 0 saturated heterocycles. The van der Waals surface area contributed by atoms with Crippen LogP contribution in [0, 0.1) is 10.1 Å². The first-order chi connectivity index (χ1) is 7.06. The van der Waals surface area contributed by atoms with Gasteiger partial charge in [0.25, 0.3) is 5.69 Å². The molecule has 0 unspecified atom stereocenters. The van der Waals surface area contributed by atoms with Crippen LogP contribution in [0.15, 0.2) is 16.9 Å². The third-order valence-electron chi connectivity index (χ3n) is 1.72. The highest BCUT2D eigenvalue weighted by atomic mass is 79.9. The lowest BCUT2D eigenvalue weighted by Gasteiger charge is -2.02. The maximum atomic E-state index is 11.0. The second-order valence-electron chi connectivity index (χ2n) is 2.61. The number of halogens is 1. The van der Waals surface area contributed by atoms with Gasteiger partial charge < -0.3 is 4.74 Å². The van der Waals surface area contributed by atoms with E-state index < -0.39 is 10.9 Å². The Balaban J connectivity index is 3.13. The van der Waals surface area contributed by atoms with Crippen LogP contribution in [0.25, 0.3) is 0 Å². The molecule has 6 nitrogen and oxygen atoms in total. The minimum Gasteiger partial charge on any atom is -0.469 e. The molecule has 80 valence electrons. The molecule has 0 aliphatic heterocycles. The zero-order valence-corrected chi connectivity index (χ0v) is 9.35. The number of nitro groups is 1. The number of pyridine rings is 1. The first kappa shape index (κ1) is 11.6. The second-order valence-corrected chi connectivity index (χ2v) is 3.36. The fraction of sp³-hybridized carbons (Fsp3) is 0.250. The number of carbonyl (C=O) groups is 1. The smallest absolute Gasteiger partial charge is 0.310 e. The lowest BCUT2D eigenvalue weighted by molar-refractivity contribution is -0.385. The normalized spacial score (nSPS) is 9.73. The Bertz CT molecular complexity index is 408. The molecule has 0 aliphatic carbocycles. The zero-order chi connectivity index (χ0) is 11.4. The van der Waals surface area contributed by atoms with Crippen LogP contribution >= 0.6 is 15.9 Å². The highest BCUT2D eigenvalue weighted by Crippen LogP contribution is 2.24. The molecule has 1 heterocycles. The Morgan fingerprint density at radius 2 is 2.40 bits per heavy atom. The van der Waals surface area contributed by atoms with Crippen LogP contribution in [0.4, 0.5) is 5.69 Å². The Morgan fingerprint density at radius 1 is 1.73 bits per heavy atom. The number of carbonyl (C=O) groups excluding carboxylic acids is 1. The van der Waals surface area contributed by atoms with Gasteiger partial charge in [-0.15, -0.1) is 0 Å². The van der Waals surface area contributed by atoms with E-state index in [1.807, 2.05) is 0 Å². The van der Waals surface area contributed by atoms with Crippen LogP contribution in [0.5, 0.6) is 0 Å². The topological polar surface area (TPSA) is 82.3 Å². The molecule has 0 atom stereocenters. The van der Waals surface area contributed by atoms with Crippen molar-refractivity contribution in [1.29, 1.82) is 0 Å². The molecule has 1 aromatic heterocycles. The van der Waals surface area contributed by atoms with Crippen molar-refractivity contribution in [3.8, 4) is 0 Å². The van der Waals surface area contributed by atoms with Gasteiger partial charge >= 0.3 is 5.97 Å². The number of hydrogen-bond donors (Lipinski definition) is 0. The number of methoxy groups -OCH3 is 1. The van der Waals surface area contributed by atoms with Gasteiger partial charge in [0.15, 0.2) is 0 Å². The van der Waals surface area contributed by atoms with Crippen molar-refractivity contribution in [2.45, 2.75) is 6.42 Å². The monoisotopic (exact) mass is 274 g/mol. The van der Waals surface area contributed by atoms with Crippen LogP contribution in [0.3, 0.4) is 0 Å². The fourth-order valence-corrected chi connectivity index (χ4v) is 1.47. The van der Waals surface area contributed by atoms with Crippen molar-refractivity contribution in [1.82, 2.24) is 4.98 Å². The zero-order valence-electron chi connectivity index (χ0n) is 7.77. The van der Waals surface area contributed by atoms with E-state index in [-0.39, 0.29) is 22.3 Å². The van der Waals surface area contributed by atoms with Gasteiger partial charge in [0.2, 0.25) is 0 Å². The second kappa shape index (κ2) is 4.83. The van der Waals surface area contributed by atoms with Gasteiger partial charge in [-0.1, -0.05) is 0 Å². The van der Waals surface area contributed by atoms with Crippen LogP contribution in [-0.2, 0) is 16.0 Å². The molecule has 0 saturated carbocycles. The largest absolute Gasteiger partial charge is 0.469 e. The van der Waals surface area contributed by atoms with E-state index in [1.54, 1.807) is 0 Å². The highest BCUT2D eigenvalue weighted by molar-refractivity contribution is 9.10. The van der Waals surface area contributed by atoms with Gasteiger partial charge in [-0.25, -0.2) is 4.98 Å². The lowest BCUT2D eigenvalue weighted by Crippen LogP contribution is -2.08. The molecule has 0 N–H and O–H groups in total. The summed E-state index contributed by atoms with van der Waals surface area (Å²) in [6, 6.07) is 1.24. The van der Waals surface area contributed by atoms with Crippen LogP contribution < -0.4 is 0 Å². The van der Waals surface area contributed by atoms with Crippen molar-refractivity contribution in [2.75, 3.05) is 7.11 Å². The van der Waals surface area contributed by atoms with Crippen LogP contribution in [-0.4, -0.2) is 23.0 Å². The maximum Gasteiger partial charge on any atom is 0.310 e. The van der Waals surface area contributed by atoms with Gasteiger partial charge in [-0.3, -0.25) is 14.9 Å². The summed E-state index contributed by atoms with van der Waals surface area (Å²) < 4.78 is 4.71. The van der Waals surface area contributed by atoms with E-state index >= 15 is 0 Å². The summed E-state index contributed by atoms with van der Waals surface area (Å²) in [6.07, 6.45) is 1.12. The third-order valence-corrected chi connectivity index (χ3v) is 2.41. The van der Waals surface area contributed by atoms with E-state index in [0.29, 0.717) is 0 Å². The number of nitrogens with zero attached hydrogens (tertiary/aromatic N) is 2. The van der Waals surface area contributed by atoms with E-state index in [1.165, 1.54) is 19.4 Å². The quantitative estimate of drug-likeness (QED) is 0.361. The maximum absolute atomic E-state index is 11.0. The minimum absolute atomic E-state index is 0.151. The Hall–Kier alpha value is -1.50. The molecule has 0 bridgehead atoms. The molecular weight excluding hydrogens is 268 g/mol. The predicted octanol–water partition coefficient (Wildman–Crippen LogP) is 1.47. The molecule has 15 heavy (non-hydrogen) atoms. The average molecular weight is 275 g/mol. The van der Waals surface area contributed by atoms with E-state index in [4.69, 9.17) is 0 Å². The Morgan fingerprint density at radius 3 is 2.93 bits per heavy atom. The van der Waals surface area contributed by atoms with Gasteiger partial charge in [0.05, 0.1) is 24.0 Å². The fourth-order valence-electron chi connectivity index (χ4n) is 1.01. The van der Waals surface area contributed by atoms with Crippen molar-refractivity contribution in [3.05, 3.63) is 32.5 Å². The number of ether oxygens (including phenoxy) is 1. The summed E-state index contributed by atoms with van der Waals surface area (Å²) in [6.45, 7) is 0. The van der Waals surface area contributed by atoms with Crippen molar-refractivity contribution in [3.63, 3.8) is 0 Å². The summed E-state index contributed by atoms with van der Waals surface area (Å²) >= 11 is 3.05. The molecule has 0 amide bonds. The van der Waals surface area contributed by atoms with Crippen LogP contribution in [0.2, 0.25) is 0 Å². The minimum atomic E-state index is -0.565. The highest BCUT2D eigenvalue weighted by Gasteiger charge is 2.20. The van der Waals surface area contributed by atoms with Gasteiger partial charge in [-0.05, 0) is 15.9 Å². The van der Waals surface area contributed by atoms with E-state index in [0.717, 1.165) is 0 Å². The molecule has 1 rings (SSSR count). The SMILES string of the molecule is COC(=O)Cc1c([N+](=O)[O-])ccnc1Br. The summed E-state index contributed by atoms with van der Waals surface area (Å²) in [4.78, 5) is 24.9. The predicted molar refractivity (Wildman–Crippen MR) is 54.3 cm³/mol. The molecule has 0 spiro atoms. The summed E-state index contributed by atoms with van der Waals surface area (Å²) in [5.74, 6) is -0.549. The Labute approximate surface area is 93.5 Å². The van der Waals surface area contributed by atoms with Crippen molar-refractivity contribution in [2.24, 2.45) is 0 Å². The summed E-state index contributed by atoms with van der Waals surface area (Å²) in [7, 11) is 1.22. The molecule has 0 aromatic carbocycles. The average Bonchev–Trinajstić information content (AvgIpc) is 2.20. The number of esters is 1. The van der Waals surface area contributed by atoms with Crippen molar-refractivity contribution < 1.29 is 14.5 Å². The lowest BCUT2D eigenvalue weighted by atomic mass is 10.2. The molecular formula is C8H7BrN2O4. The van der Waals surface area contributed by atoms with Gasteiger partial charge in [0.1, 0.15) is 4.60 Å². The first-order valence-corrected chi connectivity index (χ1v) is 4.70. The summed E-state index contributed by atoms with van der Waals surface area (Å²) in [5, 5.41) is 10.6. The van der Waals surface area contributed by atoms with Gasteiger partial charge in [-0.2, -0.15) is 0 Å². The summed E-state index contributed by atoms with van der Waals surface area (Å²) in [5.41, 5.74) is 0.0663. The molecule has 1 aromatic rings. The standard InChI is InChI=1S/C8H7BrN2O4/c1-15-7(12)4-5-6(11(13)14)2-3-10-8(5)9/h2-3H,4H2,1H3. The first-order valence-electron chi connectivity index (χ1n) is 3.91. The number of hydrogen-bond acceptors (Lipinski definition) is 5. The Kier molecular flexibility index (Phi) is 3.73. The number of aromatic nitrogens is 1. The molecule has 0 radical (unpaired) electrons. The molecule has 0 aliphatic rings. The molecule has 7 heteroatoms. The van der Waals surface area contributed by atoms with E-state index in [2.05, 4.69) is 25.7 Å².